The van der Waals surface area contributed by atoms with Gasteiger partial charge >= 0.3 is 0 Å². The number of amides is 2. The first kappa shape index (κ1) is 18.2. The molecule has 2 aromatic carbocycles. The Labute approximate surface area is 155 Å². The van der Waals surface area contributed by atoms with E-state index in [1.165, 1.54) is 5.56 Å². The van der Waals surface area contributed by atoms with E-state index >= 15 is 0 Å². The Morgan fingerprint density at radius 2 is 1.69 bits per heavy atom. The van der Waals surface area contributed by atoms with Crippen molar-refractivity contribution in [1.29, 1.82) is 0 Å². The van der Waals surface area contributed by atoms with Crippen molar-refractivity contribution in [3.8, 4) is 0 Å². The van der Waals surface area contributed by atoms with Crippen molar-refractivity contribution in [3.05, 3.63) is 65.7 Å². The van der Waals surface area contributed by atoms with Gasteiger partial charge in [-0.05, 0) is 43.0 Å². The van der Waals surface area contributed by atoms with Crippen LogP contribution in [0.25, 0.3) is 0 Å². The highest BCUT2D eigenvalue weighted by molar-refractivity contribution is 6.00. The summed E-state index contributed by atoms with van der Waals surface area (Å²) in [6.45, 7) is 5.07. The number of aryl methyl sites for hydroxylation is 2. The number of piperazine rings is 1. The molecule has 2 amide bonds. The predicted molar refractivity (Wildman–Crippen MR) is 104 cm³/mol. The van der Waals surface area contributed by atoms with Gasteiger partial charge in [0.05, 0.1) is 0 Å². The molecular weight excluding hydrogens is 324 g/mol. The number of carbonyl (C=O) groups excluding carboxylic acids is 2. The maximum Gasteiger partial charge on any atom is 0.249 e. The van der Waals surface area contributed by atoms with Gasteiger partial charge in [-0.3, -0.25) is 9.59 Å². The minimum absolute atomic E-state index is 0.00596. The molecule has 26 heavy (non-hydrogen) atoms. The molecule has 0 bridgehead atoms. The van der Waals surface area contributed by atoms with E-state index in [4.69, 9.17) is 0 Å². The van der Waals surface area contributed by atoms with Crippen LogP contribution >= 0.6 is 0 Å². The molecule has 1 unspecified atom stereocenters. The Morgan fingerprint density at radius 1 is 1.00 bits per heavy atom. The van der Waals surface area contributed by atoms with Gasteiger partial charge in [-0.25, -0.2) is 0 Å². The predicted octanol–water partition coefficient (Wildman–Crippen LogP) is 3.45. The number of carbonyl (C=O) groups is 2. The minimum Gasteiger partial charge on any atom is -0.329 e. The standard InChI is InChI=1S/C22H26N2O2/c1-3-18-9-12-20(13-10-18)24-16-15-23(17(2)22(24)26)21(25)14-11-19-7-5-4-6-8-19/h4-10,12-13,17H,3,11,14-16H2,1-2H3. The molecule has 1 heterocycles. The lowest BCUT2D eigenvalue weighted by Crippen LogP contribution is -2.57. The highest BCUT2D eigenvalue weighted by atomic mass is 16.2. The van der Waals surface area contributed by atoms with E-state index in [-0.39, 0.29) is 11.8 Å². The van der Waals surface area contributed by atoms with Gasteiger partial charge in [0, 0.05) is 25.2 Å². The minimum atomic E-state index is -0.419. The average Bonchev–Trinajstić information content (AvgIpc) is 2.69. The van der Waals surface area contributed by atoms with Gasteiger partial charge in [0.25, 0.3) is 0 Å². The van der Waals surface area contributed by atoms with Gasteiger partial charge in [-0.15, -0.1) is 0 Å². The second-order valence-corrected chi connectivity index (χ2v) is 6.76. The summed E-state index contributed by atoms with van der Waals surface area (Å²) < 4.78 is 0. The van der Waals surface area contributed by atoms with Crippen LogP contribution in [0.4, 0.5) is 5.69 Å². The summed E-state index contributed by atoms with van der Waals surface area (Å²) in [5.74, 6) is 0.0456. The maximum absolute atomic E-state index is 12.8. The molecule has 0 aromatic heterocycles. The molecule has 1 fully saturated rings. The second-order valence-electron chi connectivity index (χ2n) is 6.76. The number of hydrogen-bond donors (Lipinski definition) is 0. The van der Waals surface area contributed by atoms with Crippen LogP contribution in [-0.2, 0) is 22.4 Å². The zero-order chi connectivity index (χ0) is 18.5. The van der Waals surface area contributed by atoms with Crippen molar-refractivity contribution in [2.45, 2.75) is 39.2 Å². The highest BCUT2D eigenvalue weighted by Crippen LogP contribution is 2.22. The van der Waals surface area contributed by atoms with E-state index in [0.717, 1.165) is 17.7 Å². The molecule has 4 nitrogen and oxygen atoms in total. The lowest BCUT2D eigenvalue weighted by molar-refractivity contribution is -0.140. The van der Waals surface area contributed by atoms with E-state index in [1.54, 1.807) is 9.80 Å². The topological polar surface area (TPSA) is 40.6 Å². The fourth-order valence-electron chi connectivity index (χ4n) is 3.42. The van der Waals surface area contributed by atoms with Crippen LogP contribution in [0.1, 0.15) is 31.4 Å². The first-order valence-electron chi connectivity index (χ1n) is 9.34. The van der Waals surface area contributed by atoms with Crippen molar-refractivity contribution in [1.82, 2.24) is 4.90 Å². The van der Waals surface area contributed by atoms with Gasteiger partial charge in [0.15, 0.2) is 0 Å². The van der Waals surface area contributed by atoms with Crippen LogP contribution in [-0.4, -0.2) is 35.8 Å². The first-order chi connectivity index (χ1) is 12.6. The third kappa shape index (κ3) is 3.96. The van der Waals surface area contributed by atoms with Gasteiger partial charge < -0.3 is 9.80 Å². The van der Waals surface area contributed by atoms with Crippen molar-refractivity contribution in [2.24, 2.45) is 0 Å². The third-order valence-corrected chi connectivity index (χ3v) is 5.10. The summed E-state index contributed by atoms with van der Waals surface area (Å²) in [6, 6.07) is 17.7. The number of rotatable bonds is 5. The fraction of sp³-hybridized carbons (Fsp3) is 0.364. The van der Waals surface area contributed by atoms with Gasteiger partial charge in [-0.2, -0.15) is 0 Å². The largest absolute Gasteiger partial charge is 0.329 e. The number of nitrogens with zero attached hydrogens (tertiary/aromatic N) is 2. The average molecular weight is 350 g/mol. The Balaban J connectivity index is 1.62. The van der Waals surface area contributed by atoms with Gasteiger partial charge in [0.2, 0.25) is 11.8 Å². The Kier molecular flexibility index (Phi) is 5.71. The van der Waals surface area contributed by atoms with Crippen molar-refractivity contribution < 1.29 is 9.59 Å². The molecule has 2 aromatic rings. The van der Waals surface area contributed by atoms with Crippen molar-refractivity contribution in [2.75, 3.05) is 18.0 Å². The lowest BCUT2D eigenvalue weighted by atomic mass is 10.1. The number of benzene rings is 2. The highest BCUT2D eigenvalue weighted by Gasteiger charge is 2.34. The van der Waals surface area contributed by atoms with Crippen molar-refractivity contribution in [3.63, 3.8) is 0 Å². The second kappa shape index (κ2) is 8.17. The SMILES string of the molecule is CCc1ccc(N2CCN(C(=O)CCc3ccccc3)C(C)C2=O)cc1. The molecule has 3 rings (SSSR count). The fourth-order valence-corrected chi connectivity index (χ4v) is 3.42. The molecule has 1 atom stereocenters. The van der Waals surface area contributed by atoms with Gasteiger partial charge in [-0.1, -0.05) is 49.4 Å². The molecule has 1 saturated heterocycles. The first-order valence-corrected chi connectivity index (χ1v) is 9.34. The molecule has 0 saturated carbocycles. The zero-order valence-corrected chi connectivity index (χ0v) is 15.5. The summed E-state index contributed by atoms with van der Waals surface area (Å²) in [7, 11) is 0. The van der Waals surface area contributed by atoms with Crippen LogP contribution in [0.3, 0.4) is 0 Å². The molecule has 1 aliphatic rings. The molecule has 1 aliphatic heterocycles. The van der Waals surface area contributed by atoms with Gasteiger partial charge in [0.1, 0.15) is 6.04 Å². The van der Waals surface area contributed by atoms with E-state index in [1.807, 2.05) is 49.4 Å². The maximum atomic E-state index is 12.8. The zero-order valence-electron chi connectivity index (χ0n) is 15.5. The Bertz CT molecular complexity index is 755. The summed E-state index contributed by atoms with van der Waals surface area (Å²) in [4.78, 5) is 28.9. The van der Waals surface area contributed by atoms with E-state index in [0.29, 0.717) is 25.9 Å². The molecule has 0 radical (unpaired) electrons. The van der Waals surface area contributed by atoms with E-state index in [2.05, 4.69) is 19.1 Å². The smallest absolute Gasteiger partial charge is 0.249 e. The summed E-state index contributed by atoms with van der Waals surface area (Å²) >= 11 is 0. The summed E-state index contributed by atoms with van der Waals surface area (Å²) in [6.07, 6.45) is 2.13. The van der Waals surface area contributed by atoms with E-state index in [9.17, 15) is 9.59 Å². The Hall–Kier alpha value is -2.62. The lowest BCUT2D eigenvalue weighted by Gasteiger charge is -2.39. The number of anilines is 1. The molecule has 0 spiro atoms. The monoisotopic (exact) mass is 350 g/mol. The quantitative estimate of drug-likeness (QED) is 0.829. The van der Waals surface area contributed by atoms with Crippen LogP contribution in [0, 0.1) is 0 Å². The number of hydrogen-bond acceptors (Lipinski definition) is 2. The summed E-state index contributed by atoms with van der Waals surface area (Å²) in [5, 5.41) is 0. The van der Waals surface area contributed by atoms with Crippen LogP contribution in [0.2, 0.25) is 0 Å². The molecule has 0 N–H and O–H groups in total. The normalized spacial score (nSPS) is 17.5. The summed E-state index contributed by atoms with van der Waals surface area (Å²) in [5.41, 5.74) is 3.31. The third-order valence-electron chi connectivity index (χ3n) is 5.10. The van der Waals surface area contributed by atoms with Crippen LogP contribution in [0.5, 0.6) is 0 Å². The van der Waals surface area contributed by atoms with Crippen LogP contribution < -0.4 is 4.90 Å². The van der Waals surface area contributed by atoms with Crippen LogP contribution in [0.15, 0.2) is 54.6 Å². The molecule has 4 heteroatoms. The molecular formula is C22H26N2O2. The van der Waals surface area contributed by atoms with E-state index < -0.39 is 6.04 Å². The Morgan fingerprint density at radius 3 is 2.35 bits per heavy atom. The molecule has 0 aliphatic carbocycles. The molecule has 136 valence electrons. The van der Waals surface area contributed by atoms with Crippen molar-refractivity contribution >= 4 is 17.5 Å².